The van der Waals surface area contributed by atoms with Crippen molar-refractivity contribution < 1.29 is 19.5 Å². The summed E-state index contributed by atoms with van der Waals surface area (Å²) in [7, 11) is 0. The Bertz CT molecular complexity index is 657. The molecule has 0 bridgehead atoms. The van der Waals surface area contributed by atoms with E-state index >= 15 is 0 Å². The van der Waals surface area contributed by atoms with Crippen molar-refractivity contribution in [3.8, 4) is 0 Å². The van der Waals surface area contributed by atoms with E-state index in [4.69, 9.17) is 0 Å². The second kappa shape index (κ2) is 4.75. The SMILES string of the molecule is [Rh].c1ccc2c(c1)c1ccccc1c1ccccc21. The van der Waals surface area contributed by atoms with Gasteiger partial charge in [0.2, 0.25) is 0 Å². The average Bonchev–Trinajstić information content (AvgIpc) is 2.48. The Labute approximate surface area is 124 Å². The monoisotopic (exact) mass is 331 g/mol. The van der Waals surface area contributed by atoms with Gasteiger partial charge in [-0.1, -0.05) is 72.8 Å². The van der Waals surface area contributed by atoms with E-state index in [9.17, 15) is 0 Å². The molecule has 0 atom stereocenters. The molecule has 4 rings (SSSR count). The fraction of sp³-hybridized carbons (Fsp3) is 0. The van der Waals surface area contributed by atoms with Gasteiger partial charge in [0.1, 0.15) is 0 Å². The molecule has 0 unspecified atom stereocenters. The van der Waals surface area contributed by atoms with Gasteiger partial charge in [0.05, 0.1) is 0 Å². The zero-order valence-corrected chi connectivity index (χ0v) is 11.9. The molecule has 0 saturated heterocycles. The normalized spacial score (nSPS) is 10.7. The molecule has 0 nitrogen and oxygen atoms in total. The molecule has 0 aliphatic heterocycles. The summed E-state index contributed by atoms with van der Waals surface area (Å²) in [6, 6.07) is 26.0. The molecule has 0 saturated carbocycles. The second-order valence-corrected chi connectivity index (χ2v) is 4.64. The summed E-state index contributed by atoms with van der Waals surface area (Å²) in [5.41, 5.74) is 0. The van der Waals surface area contributed by atoms with E-state index in [0.717, 1.165) is 0 Å². The Morgan fingerprint density at radius 3 is 0.632 bits per heavy atom. The van der Waals surface area contributed by atoms with E-state index in [1.807, 2.05) is 0 Å². The molecule has 0 N–H and O–H groups in total. The summed E-state index contributed by atoms with van der Waals surface area (Å²) >= 11 is 0. The third-order valence-electron chi connectivity index (χ3n) is 3.65. The third-order valence-corrected chi connectivity index (χ3v) is 3.65. The smallest absolute Gasteiger partial charge is 0 e. The van der Waals surface area contributed by atoms with E-state index in [-0.39, 0.29) is 19.5 Å². The number of hydrogen-bond donors (Lipinski definition) is 0. The quantitative estimate of drug-likeness (QED) is 0.309. The summed E-state index contributed by atoms with van der Waals surface area (Å²) in [5, 5.41) is 8.04. The Morgan fingerprint density at radius 2 is 0.474 bits per heavy atom. The van der Waals surface area contributed by atoms with Crippen LogP contribution in [0.5, 0.6) is 0 Å². The zero-order chi connectivity index (χ0) is 11.9. The molecule has 4 aromatic rings. The van der Waals surface area contributed by atoms with Crippen LogP contribution in [0.1, 0.15) is 0 Å². The molecule has 4 aromatic carbocycles. The molecule has 1 radical (unpaired) electrons. The summed E-state index contributed by atoms with van der Waals surface area (Å²) in [6.45, 7) is 0. The standard InChI is InChI=1S/C18H12.Rh/c1-2-8-14-13(7-1)15-9-3-4-11-17(15)18-12-6-5-10-16(14)18;/h1-12H;. The molecule has 0 aromatic heterocycles. The van der Waals surface area contributed by atoms with Crippen LogP contribution in [0.3, 0.4) is 0 Å². The third kappa shape index (κ3) is 1.77. The maximum Gasteiger partial charge on any atom is 0 e. The van der Waals surface area contributed by atoms with Crippen LogP contribution in [0.2, 0.25) is 0 Å². The topological polar surface area (TPSA) is 0 Å². The van der Waals surface area contributed by atoms with E-state index in [1.165, 1.54) is 32.3 Å². The van der Waals surface area contributed by atoms with Gasteiger partial charge in [-0.2, -0.15) is 0 Å². The van der Waals surface area contributed by atoms with Gasteiger partial charge in [-0.25, -0.2) is 0 Å². The molecular weight excluding hydrogens is 319 g/mol. The summed E-state index contributed by atoms with van der Waals surface area (Å²) < 4.78 is 0. The van der Waals surface area contributed by atoms with Crippen molar-refractivity contribution in [1.29, 1.82) is 0 Å². The predicted octanol–water partition coefficient (Wildman–Crippen LogP) is 5.14. The summed E-state index contributed by atoms with van der Waals surface area (Å²) in [4.78, 5) is 0. The second-order valence-electron chi connectivity index (χ2n) is 4.64. The van der Waals surface area contributed by atoms with Crippen molar-refractivity contribution in [3.05, 3.63) is 72.8 Å². The average molecular weight is 331 g/mol. The minimum atomic E-state index is 0. The minimum Gasteiger partial charge on any atom is -0.0616 e. The molecule has 93 valence electrons. The maximum atomic E-state index is 2.21. The number of rotatable bonds is 0. The first kappa shape index (κ1) is 12.3. The first-order chi connectivity index (χ1) is 8.95. The van der Waals surface area contributed by atoms with Crippen molar-refractivity contribution in [2.24, 2.45) is 0 Å². The van der Waals surface area contributed by atoms with Gasteiger partial charge in [-0.15, -0.1) is 0 Å². The van der Waals surface area contributed by atoms with Crippen molar-refractivity contribution in [1.82, 2.24) is 0 Å². The maximum absolute atomic E-state index is 2.21. The zero-order valence-electron chi connectivity index (χ0n) is 10.3. The first-order valence-electron chi connectivity index (χ1n) is 6.23. The van der Waals surface area contributed by atoms with Crippen molar-refractivity contribution in [3.63, 3.8) is 0 Å². The summed E-state index contributed by atoms with van der Waals surface area (Å²) in [6.07, 6.45) is 0. The molecule has 0 heterocycles. The Balaban J connectivity index is 0.00000110. The fourth-order valence-corrected chi connectivity index (χ4v) is 2.86. The minimum absolute atomic E-state index is 0. The van der Waals surface area contributed by atoms with E-state index in [2.05, 4.69) is 72.8 Å². The molecule has 0 aliphatic carbocycles. The van der Waals surface area contributed by atoms with Crippen LogP contribution >= 0.6 is 0 Å². The van der Waals surface area contributed by atoms with Gasteiger partial charge >= 0.3 is 0 Å². The number of hydrogen-bond acceptors (Lipinski definition) is 0. The van der Waals surface area contributed by atoms with Crippen LogP contribution in [-0.4, -0.2) is 0 Å². The Kier molecular flexibility index (Phi) is 3.08. The van der Waals surface area contributed by atoms with E-state index in [1.54, 1.807) is 0 Å². The predicted molar refractivity (Wildman–Crippen MR) is 79.0 cm³/mol. The van der Waals surface area contributed by atoms with Crippen LogP contribution in [0.25, 0.3) is 32.3 Å². The van der Waals surface area contributed by atoms with Crippen LogP contribution in [0, 0.1) is 0 Å². The molecule has 19 heavy (non-hydrogen) atoms. The van der Waals surface area contributed by atoms with Crippen LogP contribution in [0.4, 0.5) is 0 Å². The van der Waals surface area contributed by atoms with Crippen LogP contribution in [0.15, 0.2) is 72.8 Å². The van der Waals surface area contributed by atoms with Gasteiger partial charge in [-0.05, 0) is 32.3 Å². The van der Waals surface area contributed by atoms with Crippen molar-refractivity contribution >= 4 is 32.3 Å². The van der Waals surface area contributed by atoms with E-state index < -0.39 is 0 Å². The molecular formula is C18H12Rh. The van der Waals surface area contributed by atoms with Gasteiger partial charge < -0.3 is 0 Å². The van der Waals surface area contributed by atoms with E-state index in [0.29, 0.717) is 0 Å². The summed E-state index contributed by atoms with van der Waals surface area (Å²) in [5.74, 6) is 0. The first-order valence-corrected chi connectivity index (χ1v) is 6.23. The van der Waals surface area contributed by atoms with Gasteiger partial charge in [-0.3, -0.25) is 0 Å². The number of benzene rings is 4. The van der Waals surface area contributed by atoms with Crippen molar-refractivity contribution in [2.75, 3.05) is 0 Å². The fourth-order valence-electron chi connectivity index (χ4n) is 2.86. The molecule has 0 aliphatic rings. The largest absolute Gasteiger partial charge is 0.0616 e. The van der Waals surface area contributed by atoms with Gasteiger partial charge in [0.25, 0.3) is 0 Å². The number of fused-ring (bicyclic) bond motifs is 6. The van der Waals surface area contributed by atoms with Gasteiger partial charge in [0.15, 0.2) is 0 Å². The molecule has 0 fully saturated rings. The van der Waals surface area contributed by atoms with Crippen molar-refractivity contribution in [2.45, 2.75) is 0 Å². The van der Waals surface area contributed by atoms with Crippen LogP contribution in [-0.2, 0) is 19.5 Å². The molecule has 1 heteroatoms. The van der Waals surface area contributed by atoms with Crippen LogP contribution < -0.4 is 0 Å². The Morgan fingerprint density at radius 1 is 0.316 bits per heavy atom. The molecule has 0 amide bonds. The molecule has 0 spiro atoms. The Hall–Kier alpha value is -1.72. The van der Waals surface area contributed by atoms with Gasteiger partial charge in [0, 0.05) is 19.5 Å².